The monoisotopic (exact) mass is 244 g/mol. The first-order chi connectivity index (χ1) is 8.69. The van der Waals surface area contributed by atoms with Gasteiger partial charge in [0.1, 0.15) is 5.41 Å². The number of allylic oxidation sites excluding steroid dienone is 1. The minimum atomic E-state index is -0.875. The largest absolute Gasteiger partial charge is 0.470 e. The lowest BCUT2D eigenvalue weighted by atomic mass is 9.79. The molecule has 0 N–H and O–H groups in total. The van der Waals surface area contributed by atoms with Gasteiger partial charge in [0.05, 0.1) is 18.6 Å². The zero-order valence-corrected chi connectivity index (χ0v) is 10.6. The highest BCUT2D eigenvalue weighted by atomic mass is 16.5. The van der Waals surface area contributed by atoms with E-state index < -0.39 is 5.41 Å². The van der Waals surface area contributed by atoms with Gasteiger partial charge in [-0.25, -0.2) is 0 Å². The second kappa shape index (κ2) is 5.08. The van der Waals surface area contributed by atoms with Crippen molar-refractivity contribution in [3.8, 4) is 0 Å². The highest BCUT2D eigenvalue weighted by molar-refractivity contribution is 5.88. The molecule has 1 aromatic carbocycles. The predicted molar refractivity (Wildman–Crippen MR) is 68.7 cm³/mol. The number of hydrogen-bond acceptors (Lipinski definition) is 3. The number of rotatable bonds is 3. The van der Waals surface area contributed by atoms with Crippen molar-refractivity contribution in [2.75, 3.05) is 6.61 Å². The molecule has 0 spiro atoms. The van der Waals surface area contributed by atoms with Gasteiger partial charge in [0, 0.05) is 0 Å². The van der Waals surface area contributed by atoms with Gasteiger partial charge in [0.2, 0.25) is 0 Å². The first kappa shape index (κ1) is 12.4. The summed E-state index contributed by atoms with van der Waals surface area (Å²) in [6.45, 7) is 3.98. The molecule has 94 valence electrons. The minimum Gasteiger partial charge on any atom is -0.470 e. The normalized spacial score (nSPS) is 22.0. The Kier molecular flexibility index (Phi) is 3.51. The molecule has 3 heteroatoms. The lowest BCUT2D eigenvalue weighted by Crippen LogP contribution is -2.35. The first-order valence-corrected chi connectivity index (χ1v) is 5.95. The predicted octanol–water partition coefficient (Wildman–Crippen LogP) is 2.94. The van der Waals surface area contributed by atoms with Crippen LogP contribution in [0.1, 0.15) is 19.4 Å². The molecule has 1 aliphatic rings. The number of hydrogen-bond donors (Lipinski definition) is 0. The van der Waals surface area contributed by atoms with Gasteiger partial charge in [-0.3, -0.25) is 4.79 Å². The van der Waals surface area contributed by atoms with Crippen LogP contribution in [0.2, 0.25) is 0 Å². The van der Waals surface area contributed by atoms with Crippen LogP contribution in [0.3, 0.4) is 0 Å². The third kappa shape index (κ3) is 2.16. The maximum atomic E-state index is 12.3. The molecule has 0 radical (unpaired) electrons. The highest BCUT2D eigenvalue weighted by Crippen LogP contribution is 2.33. The fourth-order valence-corrected chi connectivity index (χ4v) is 2.04. The van der Waals surface area contributed by atoms with Crippen molar-refractivity contribution in [1.29, 1.82) is 0 Å². The van der Waals surface area contributed by atoms with E-state index in [1.807, 2.05) is 37.3 Å². The van der Waals surface area contributed by atoms with Crippen molar-refractivity contribution in [3.63, 3.8) is 0 Å². The molecule has 0 aromatic heterocycles. The maximum Gasteiger partial charge on any atom is 0.324 e. The van der Waals surface area contributed by atoms with Gasteiger partial charge in [-0.05, 0) is 31.6 Å². The molecular formula is C15H16O3. The number of carbonyl (C=O) groups is 1. The Bertz CT molecular complexity index is 488. The zero-order chi connectivity index (χ0) is 13.0. The standard InChI is InChI=1S/C15H16O3/c1-3-17-14(16)15(9-10-18-12(2)11-15)13-7-5-4-6-8-13/h4-11H,3H2,1-2H3. The van der Waals surface area contributed by atoms with Crippen LogP contribution < -0.4 is 0 Å². The van der Waals surface area contributed by atoms with Crippen LogP contribution in [0.15, 0.2) is 54.5 Å². The molecule has 3 nitrogen and oxygen atoms in total. The Balaban J connectivity index is 2.50. The van der Waals surface area contributed by atoms with E-state index in [0.717, 1.165) is 5.56 Å². The van der Waals surface area contributed by atoms with Gasteiger partial charge >= 0.3 is 5.97 Å². The summed E-state index contributed by atoms with van der Waals surface area (Å²) in [5.74, 6) is 0.407. The molecule has 2 rings (SSSR count). The number of carbonyl (C=O) groups excluding carboxylic acids is 1. The number of esters is 1. The van der Waals surface area contributed by atoms with Crippen LogP contribution in [0, 0.1) is 0 Å². The van der Waals surface area contributed by atoms with E-state index in [1.165, 1.54) is 0 Å². The molecule has 0 aliphatic carbocycles. The fourth-order valence-electron chi connectivity index (χ4n) is 2.04. The highest BCUT2D eigenvalue weighted by Gasteiger charge is 2.39. The summed E-state index contributed by atoms with van der Waals surface area (Å²) in [4.78, 5) is 12.3. The van der Waals surface area contributed by atoms with Gasteiger partial charge in [-0.15, -0.1) is 0 Å². The van der Waals surface area contributed by atoms with Gasteiger partial charge in [0.25, 0.3) is 0 Å². The first-order valence-electron chi connectivity index (χ1n) is 5.95. The third-order valence-corrected chi connectivity index (χ3v) is 2.88. The van der Waals surface area contributed by atoms with Crippen molar-refractivity contribution in [2.24, 2.45) is 0 Å². The van der Waals surface area contributed by atoms with E-state index >= 15 is 0 Å². The smallest absolute Gasteiger partial charge is 0.324 e. The average molecular weight is 244 g/mol. The molecule has 0 fully saturated rings. The van der Waals surface area contributed by atoms with Crippen molar-refractivity contribution in [2.45, 2.75) is 19.3 Å². The molecule has 0 amide bonds. The maximum absolute atomic E-state index is 12.3. The van der Waals surface area contributed by atoms with Gasteiger partial charge in [-0.1, -0.05) is 30.3 Å². The van der Waals surface area contributed by atoms with E-state index in [9.17, 15) is 4.79 Å². The summed E-state index contributed by atoms with van der Waals surface area (Å²) in [7, 11) is 0. The van der Waals surface area contributed by atoms with Crippen molar-refractivity contribution in [1.82, 2.24) is 0 Å². The van der Waals surface area contributed by atoms with Crippen LogP contribution in [-0.4, -0.2) is 12.6 Å². The van der Waals surface area contributed by atoms with Crippen LogP contribution in [0.5, 0.6) is 0 Å². The van der Waals surface area contributed by atoms with Crippen molar-refractivity contribution < 1.29 is 14.3 Å². The van der Waals surface area contributed by atoms with Crippen LogP contribution in [-0.2, 0) is 19.7 Å². The molecule has 1 atom stereocenters. The van der Waals surface area contributed by atoms with Crippen LogP contribution in [0.4, 0.5) is 0 Å². The van der Waals surface area contributed by atoms with Gasteiger partial charge in [0.15, 0.2) is 0 Å². The van der Waals surface area contributed by atoms with E-state index in [-0.39, 0.29) is 5.97 Å². The van der Waals surface area contributed by atoms with Crippen molar-refractivity contribution in [3.05, 3.63) is 60.1 Å². The molecule has 1 aliphatic heterocycles. The van der Waals surface area contributed by atoms with E-state index in [2.05, 4.69) is 0 Å². The lowest BCUT2D eigenvalue weighted by molar-refractivity contribution is -0.146. The summed E-state index contributed by atoms with van der Waals surface area (Å²) >= 11 is 0. The van der Waals surface area contributed by atoms with Crippen molar-refractivity contribution >= 4 is 5.97 Å². The Labute approximate surface area is 107 Å². The molecular weight excluding hydrogens is 228 g/mol. The van der Waals surface area contributed by atoms with Crippen LogP contribution in [0.25, 0.3) is 0 Å². The quantitative estimate of drug-likeness (QED) is 0.767. The Morgan fingerprint density at radius 3 is 2.67 bits per heavy atom. The van der Waals surface area contributed by atoms with Gasteiger partial charge < -0.3 is 9.47 Å². The second-order valence-corrected chi connectivity index (χ2v) is 4.13. The molecule has 0 bridgehead atoms. The molecule has 1 unspecified atom stereocenters. The fraction of sp³-hybridized carbons (Fsp3) is 0.267. The van der Waals surface area contributed by atoms with E-state index in [0.29, 0.717) is 12.4 Å². The van der Waals surface area contributed by atoms with Gasteiger partial charge in [-0.2, -0.15) is 0 Å². The summed E-state index contributed by atoms with van der Waals surface area (Å²) in [6, 6.07) is 9.56. The SMILES string of the molecule is CCOC(=O)C1(c2ccccc2)C=COC(C)=C1. The Morgan fingerprint density at radius 2 is 2.06 bits per heavy atom. The molecule has 1 heterocycles. The third-order valence-electron chi connectivity index (χ3n) is 2.88. The molecule has 18 heavy (non-hydrogen) atoms. The lowest BCUT2D eigenvalue weighted by Gasteiger charge is -2.28. The number of ether oxygens (including phenoxy) is 2. The zero-order valence-electron chi connectivity index (χ0n) is 10.6. The van der Waals surface area contributed by atoms with Crippen LogP contribution >= 0.6 is 0 Å². The van der Waals surface area contributed by atoms with E-state index in [4.69, 9.17) is 9.47 Å². The average Bonchev–Trinajstić information content (AvgIpc) is 2.40. The summed E-state index contributed by atoms with van der Waals surface area (Å²) < 4.78 is 10.5. The second-order valence-electron chi connectivity index (χ2n) is 4.13. The summed E-state index contributed by atoms with van der Waals surface area (Å²) in [5, 5.41) is 0. The molecule has 1 aromatic rings. The Morgan fingerprint density at radius 1 is 1.33 bits per heavy atom. The Hall–Kier alpha value is -2.03. The summed E-state index contributed by atoms with van der Waals surface area (Å²) in [5.41, 5.74) is 0.00178. The number of benzene rings is 1. The minimum absolute atomic E-state index is 0.282. The summed E-state index contributed by atoms with van der Waals surface area (Å²) in [6.07, 6.45) is 5.06. The van der Waals surface area contributed by atoms with E-state index in [1.54, 1.807) is 25.3 Å². The topological polar surface area (TPSA) is 35.5 Å². The molecule has 0 saturated carbocycles. The molecule has 0 saturated heterocycles.